The van der Waals surface area contributed by atoms with Crippen molar-refractivity contribution in [3.63, 3.8) is 0 Å². The van der Waals surface area contributed by atoms with Crippen molar-refractivity contribution in [3.8, 4) is 17.0 Å². The van der Waals surface area contributed by atoms with Gasteiger partial charge in [0.15, 0.2) is 0 Å². The van der Waals surface area contributed by atoms with Crippen molar-refractivity contribution < 1.29 is 19.1 Å². The molecule has 0 fully saturated rings. The van der Waals surface area contributed by atoms with Crippen LogP contribution in [0.15, 0.2) is 60.9 Å². The van der Waals surface area contributed by atoms with Crippen LogP contribution >= 0.6 is 0 Å². The topological polar surface area (TPSA) is 82.4 Å². The molecule has 30 heavy (non-hydrogen) atoms. The lowest BCUT2D eigenvalue weighted by atomic mass is 10.0. The van der Waals surface area contributed by atoms with Gasteiger partial charge in [-0.15, -0.1) is 0 Å². The van der Waals surface area contributed by atoms with Crippen LogP contribution in [0.2, 0.25) is 0 Å². The molecule has 1 aromatic heterocycles. The lowest BCUT2D eigenvalue weighted by Gasteiger charge is -2.16. The van der Waals surface area contributed by atoms with Crippen molar-refractivity contribution >= 4 is 11.9 Å². The van der Waals surface area contributed by atoms with E-state index in [1.165, 1.54) is 14.0 Å². The molecule has 0 aliphatic heterocycles. The molecule has 3 rings (SSSR count). The summed E-state index contributed by atoms with van der Waals surface area (Å²) in [6.07, 6.45) is 1.97. The first-order valence-corrected chi connectivity index (χ1v) is 9.59. The summed E-state index contributed by atoms with van der Waals surface area (Å²) in [5.74, 6) is -0.0660. The number of carbonyl (C=O) groups is 2. The van der Waals surface area contributed by atoms with Gasteiger partial charge in [-0.1, -0.05) is 30.3 Å². The quantitative estimate of drug-likeness (QED) is 0.581. The van der Waals surface area contributed by atoms with Crippen molar-refractivity contribution in [1.29, 1.82) is 0 Å². The van der Waals surface area contributed by atoms with Gasteiger partial charge in [-0.3, -0.25) is 4.79 Å². The van der Waals surface area contributed by atoms with E-state index >= 15 is 0 Å². The van der Waals surface area contributed by atoms with Gasteiger partial charge >= 0.3 is 5.97 Å². The summed E-state index contributed by atoms with van der Waals surface area (Å²) < 4.78 is 12.2. The predicted molar refractivity (Wildman–Crippen MR) is 113 cm³/mol. The van der Waals surface area contributed by atoms with Gasteiger partial charge in [0.05, 0.1) is 31.9 Å². The molecule has 0 radical (unpaired) electrons. The maximum atomic E-state index is 12.2. The van der Waals surface area contributed by atoms with Crippen molar-refractivity contribution in [2.24, 2.45) is 0 Å². The largest absolute Gasteiger partial charge is 0.497 e. The molecule has 0 saturated heterocycles. The van der Waals surface area contributed by atoms with Crippen molar-refractivity contribution in [2.75, 3.05) is 14.2 Å². The Hall–Kier alpha value is -3.61. The van der Waals surface area contributed by atoms with E-state index in [1.54, 1.807) is 13.4 Å². The van der Waals surface area contributed by atoms with Crippen LogP contribution in [0.1, 0.15) is 18.2 Å². The lowest BCUT2D eigenvalue weighted by Crippen LogP contribution is -2.42. The van der Waals surface area contributed by atoms with E-state index in [1.807, 2.05) is 59.2 Å². The number of benzene rings is 2. The second-order valence-corrected chi connectivity index (χ2v) is 6.86. The first-order chi connectivity index (χ1) is 14.5. The molecule has 0 bridgehead atoms. The maximum absolute atomic E-state index is 12.2. The highest BCUT2D eigenvalue weighted by Crippen LogP contribution is 2.27. The maximum Gasteiger partial charge on any atom is 0.328 e. The number of amides is 1. The molecule has 7 heteroatoms. The standard InChI is InChI=1S/C23H25N3O4/c1-16(27)25-21(23(28)30-3)13-20-22(18-9-11-19(29-2)12-10-18)26(15-24-20)14-17-7-5-4-6-8-17/h4-12,15,21H,13-14H2,1-3H3,(H,25,27)/t21-/m0/s1. The number of imidazole rings is 1. The number of nitrogens with zero attached hydrogens (tertiary/aromatic N) is 2. The van der Waals surface area contributed by atoms with Gasteiger partial charge in [0, 0.05) is 25.5 Å². The zero-order chi connectivity index (χ0) is 21.5. The van der Waals surface area contributed by atoms with Crippen LogP contribution in [0, 0.1) is 0 Å². The molecule has 3 aromatic rings. The SMILES string of the molecule is COC(=O)[C@H](Cc1ncn(Cc2ccccc2)c1-c1ccc(OC)cc1)NC(C)=O. The third-order valence-electron chi connectivity index (χ3n) is 4.73. The highest BCUT2D eigenvalue weighted by molar-refractivity contribution is 5.83. The van der Waals surface area contributed by atoms with Crippen LogP contribution in [-0.2, 0) is 27.3 Å². The fourth-order valence-corrected chi connectivity index (χ4v) is 3.33. The van der Waals surface area contributed by atoms with E-state index in [-0.39, 0.29) is 12.3 Å². The summed E-state index contributed by atoms with van der Waals surface area (Å²) in [5, 5.41) is 2.65. The van der Waals surface area contributed by atoms with Gasteiger partial charge in [-0.25, -0.2) is 9.78 Å². The van der Waals surface area contributed by atoms with Crippen LogP contribution in [-0.4, -0.2) is 41.7 Å². The fraction of sp³-hybridized carbons (Fsp3) is 0.261. The average molecular weight is 407 g/mol. The monoisotopic (exact) mass is 407 g/mol. The van der Waals surface area contributed by atoms with Gasteiger partial charge in [0.2, 0.25) is 5.91 Å². The number of carbonyl (C=O) groups excluding carboxylic acids is 2. The molecule has 2 aromatic carbocycles. The smallest absolute Gasteiger partial charge is 0.328 e. The van der Waals surface area contributed by atoms with E-state index in [0.29, 0.717) is 12.2 Å². The zero-order valence-electron chi connectivity index (χ0n) is 17.3. The molecule has 0 saturated carbocycles. The Morgan fingerprint density at radius 1 is 1.07 bits per heavy atom. The van der Waals surface area contributed by atoms with Gasteiger partial charge in [0.1, 0.15) is 11.8 Å². The third kappa shape index (κ3) is 5.05. The minimum absolute atomic E-state index is 0.218. The molecule has 0 spiro atoms. The number of esters is 1. The van der Waals surface area contributed by atoms with Gasteiger partial charge in [0.25, 0.3) is 0 Å². The number of hydrogen-bond acceptors (Lipinski definition) is 5. The summed E-state index contributed by atoms with van der Waals surface area (Å²) >= 11 is 0. The van der Waals surface area contributed by atoms with Crippen LogP contribution in [0.25, 0.3) is 11.3 Å². The van der Waals surface area contributed by atoms with Crippen molar-refractivity contribution in [2.45, 2.75) is 25.9 Å². The van der Waals surface area contributed by atoms with E-state index in [4.69, 9.17) is 9.47 Å². The minimum atomic E-state index is -0.815. The molecule has 1 amide bonds. The highest BCUT2D eigenvalue weighted by Gasteiger charge is 2.25. The molecule has 1 heterocycles. The number of methoxy groups -OCH3 is 2. The molecule has 156 valence electrons. The first-order valence-electron chi connectivity index (χ1n) is 9.59. The van der Waals surface area contributed by atoms with Crippen LogP contribution in [0.4, 0.5) is 0 Å². The Labute approximate surface area is 175 Å². The van der Waals surface area contributed by atoms with Crippen molar-refractivity contribution in [3.05, 3.63) is 72.2 Å². The Kier molecular flexibility index (Phi) is 6.85. The molecular formula is C23H25N3O4. The van der Waals surface area contributed by atoms with E-state index in [0.717, 1.165) is 22.6 Å². The normalized spacial score (nSPS) is 11.6. The Bertz CT molecular complexity index is 997. The lowest BCUT2D eigenvalue weighted by molar-refractivity contribution is -0.144. The summed E-state index contributed by atoms with van der Waals surface area (Å²) in [6.45, 7) is 1.99. The van der Waals surface area contributed by atoms with Crippen LogP contribution < -0.4 is 10.1 Å². The fourth-order valence-electron chi connectivity index (χ4n) is 3.33. The first kappa shape index (κ1) is 21.1. The molecule has 0 aliphatic rings. The highest BCUT2D eigenvalue weighted by atomic mass is 16.5. The Morgan fingerprint density at radius 2 is 1.77 bits per heavy atom. The predicted octanol–water partition coefficient (Wildman–Crippen LogP) is 2.83. The number of aromatic nitrogens is 2. The van der Waals surface area contributed by atoms with E-state index in [2.05, 4.69) is 10.3 Å². The van der Waals surface area contributed by atoms with Crippen LogP contribution in [0.5, 0.6) is 5.75 Å². The number of rotatable bonds is 8. The summed E-state index contributed by atoms with van der Waals surface area (Å²) in [7, 11) is 2.92. The molecule has 0 aliphatic carbocycles. The summed E-state index contributed by atoms with van der Waals surface area (Å²) in [6, 6.07) is 16.9. The van der Waals surface area contributed by atoms with E-state index < -0.39 is 12.0 Å². The number of nitrogens with one attached hydrogen (secondary N) is 1. The minimum Gasteiger partial charge on any atom is -0.497 e. The molecule has 1 N–H and O–H groups in total. The zero-order valence-corrected chi connectivity index (χ0v) is 17.3. The molecule has 7 nitrogen and oxygen atoms in total. The third-order valence-corrected chi connectivity index (χ3v) is 4.73. The molecule has 1 atom stereocenters. The number of hydrogen-bond donors (Lipinski definition) is 1. The second-order valence-electron chi connectivity index (χ2n) is 6.86. The van der Waals surface area contributed by atoms with Crippen molar-refractivity contribution in [1.82, 2.24) is 14.9 Å². The average Bonchev–Trinajstić information content (AvgIpc) is 3.15. The summed E-state index contributed by atoms with van der Waals surface area (Å²) in [5.41, 5.74) is 3.63. The Balaban J connectivity index is 2.01. The second kappa shape index (κ2) is 9.73. The van der Waals surface area contributed by atoms with Crippen LogP contribution in [0.3, 0.4) is 0 Å². The Morgan fingerprint density at radius 3 is 2.37 bits per heavy atom. The van der Waals surface area contributed by atoms with E-state index in [9.17, 15) is 9.59 Å². The molecule has 0 unspecified atom stereocenters. The summed E-state index contributed by atoms with van der Waals surface area (Å²) in [4.78, 5) is 28.3. The van der Waals surface area contributed by atoms with Gasteiger partial charge in [-0.05, 0) is 29.8 Å². The number of ether oxygens (including phenoxy) is 2. The van der Waals surface area contributed by atoms with Gasteiger partial charge < -0.3 is 19.4 Å². The molecular weight excluding hydrogens is 382 g/mol. The van der Waals surface area contributed by atoms with Gasteiger partial charge in [-0.2, -0.15) is 0 Å².